The lowest BCUT2D eigenvalue weighted by Gasteiger charge is -2.33. The van der Waals surface area contributed by atoms with Crippen LogP contribution in [0.1, 0.15) is 42.6 Å². The molecule has 1 fully saturated rings. The minimum Gasteiger partial charge on any atom is -0.395 e. The molecule has 0 radical (unpaired) electrons. The lowest BCUT2D eigenvalue weighted by atomic mass is 9.94. The monoisotopic (exact) mass is 238 g/mol. The predicted octanol–water partition coefficient (Wildman–Crippen LogP) is 1.44. The van der Waals surface area contributed by atoms with Crippen molar-refractivity contribution >= 4 is 5.91 Å². The van der Waals surface area contributed by atoms with Crippen molar-refractivity contribution in [3.8, 4) is 0 Å². The molecule has 1 aromatic heterocycles. The van der Waals surface area contributed by atoms with Gasteiger partial charge in [0.25, 0.3) is 5.91 Å². The third-order valence-electron chi connectivity index (χ3n) is 3.27. The Kier molecular flexibility index (Phi) is 4.14. The summed E-state index contributed by atoms with van der Waals surface area (Å²) in [5.41, 5.74) is 0.323. The first-order valence-corrected chi connectivity index (χ1v) is 6.15. The standard InChI is InChI=1S/C12H18N2O3/c15-8-7-14(10-4-2-1-3-5-10)12(16)11-6-9-17-13-11/h6,9-10,15H,1-5,7-8H2. The Labute approximate surface area is 100 Å². The van der Waals surface area contributed by atoms with Crippen molar-refractivity contribution in [3.05, 3.63) is 18.0 Å². The molecule has 0 unspecified atom stereocenters. The average Bonchev–Trinajstić information content (AvgIpc) is 2.90. The van der Waals surface area contributed by atoms with Crippen molar-refractivity contribution in [2.24, 2.45) is 0 Å². The number of aliphatic hydroxyl groups is 1. The van der Waals surface area contributed by atoms with E-state index in [4.69, 9.17) is 9.63 Å². The molecule has 1 amide bonds. The Balaban J connectivity index is 2.07. The second-order valence-electron chi connectivity index (χ2n) is 4.40. The molecule has 0 spiro atoms. The normalized spacial score (nSPS) is 17.0. The molecule has 17 heavy (non-hydrogen) atoms. The van der Waals surface area contributed by atoms with Crippen molar-refractivity contribution < 1.29 is 14.4 Å². The molecule has 0 aromatic carbocycles. The van der Waals surface area contributed by atoms with E-state index in [-0.39, 0.29) is 18.6 Å². The second kappa shape index (κ2) is 5.82. The fourth-order valence-corrected chi connectivity index (χ4v) is 2.42. The zero-order valence-corrected chi connectivity index (χ0v) is 9.84. The molecule has 1 heterocycles. The zero-order chi connectivity index (χ0) is 12.1. The lowest BCUT2D eigenvalue weighted by molar-refractivity contribution is 0.0575. The molecule has 1 aromatic rings. The van der Waals surface area contributed by atoms with Crippen molar-refractivity contribution in [1.29, 1.82) is 0 Å². The summed E-state index contributed by atoms with van der Waals surface area (Å²) in [5.74, 6) is -0.139. The third kappa shape index (κ3) is 2.85. The van der Waals surface area contributed by atoms with E-state index in [1.165, 1.54) is 12.7 Å². The molecule has 0 saturated heterocycles. The highest BCUT2D eigenvalue weighted by Gasteiger charge is 2.27. The first-order valence-electron chi connectivity index (χ1n) is 6.15. The maximum absolute atomic E-state index is 12.2. The van der Waals surface area contributed by atoms with Crippen LogP contribution in [0.25, 0.3) is 0 Å². The van der Waals surface area contributed by atoms with Gasteiger partial charge in [-0.05, 0) is 12.8 Å². The van der Waals surface area contributed by atoms with Gasteiger partial charge in [-0.15, -0.1) is 0 Å². The first-order chi connectivity index (χ1) is 8.33. The van der Waals surface area contributed by atoms with Gasteiger partial charge in [0.15, 0.2) is 5.69 Å². The molecule has 2 rings (SSSR count). The van der Waals surface area contributed by atoms with Crippen LogP contribution in [0.5, 0.6) is 0 Å². The molecule has 5 nitrogen and oxygen atoms in total. The number of amides is 1. The van der Waals surface area contributed by atoms with E-state index in [9.17, 15) is 4.79 Å². The van der Waals surface area contributed by atoms with Gasteiger partial charge in [0, 0.05) is 18.7 Å². The van der Waals surface area contributed by atoms with Gasteiger partial charge in [0.1, 0.15) is 6.26 Å². The van der Waals surface area contributed by atoms with Crippen LogP contribution < -0.4 is 0 Å². The smallest absolute Gasteiger partial charge is 0.276 e. The molecule has 1 aliphatic rings. The second-order valence-corrected chi connectivity index (χ2v) is 4.40. The molecular weight excluding hydrogens is 220 g/mol. The van der Waals surface area contributed by atoms with Gasteiger partial charge in [0.05, 0.1) is 6.61 Å². The van der Waals surface area contributed by atoms with Crippen molar-refractivity contribution in [2.75, 3.05) is 13.2 Å². The molecule has 0 atom stereocenters. The average molecular weight is 238 g/mol. The fourth-order valence-electron chi connectivity index (χ4n) is 2.42. The maximum Gasteiger partial charge on any atom is 0.276 e. The minimum absolute atomic E-state index is 0.0138. The number of aliphatic hydroxyl groups excluding tert-OH is 1. The molecule has 0 bridgehead atoms. The lowest BCUT2D eigenvalue weighted by Crippen LogP contribution is -2.43. The number of nitrogens with zero attached hydrogens (tertiary/aromatic N) is 2. The van der Waals surface area contributed by atoms with E-state index in [1.807, 2.05) is 0 Å². The summed E-state index contributed by atoms with van der Waals surface area (Å²) in [6, 6.07) is 1.80. The summed E-state index contributed by atoms with van der Waals surface area (Å²) >= 11 is 0. The zero-order valence-electron chi connectivity index (χ0n) is 9.84. The SMILES string of the molecule is O=C(c1ccon1)N(CCO)C1CCCCC1. The Morgan fingerprint density at radius 2 is 2.24 bits per heavy atom. The maximum atomic E-state index is 12.2. The van der Waals surface area contributed by atoms with Gasteiger partial charge >= 0.3 is 0 Å². The van der Waals surface area contributed by atoms with Crippen LogP contribution in [0.3, 0.4) is 0 Å². The molecule has 1 aliphatic carbocycles. The number of rotatable bonds is 4. The van der Waals surface area contributed by atoms with E-state index in [1.54, 1.807) is 11.0 Å². The van der Waals surface area contributed by atoms with Crippen molar-refractivity contribution in [2.45, 2.75) is 38.1 Å². The van der Waals surface area contributed by atoms with Gasteiger partial charge in [-0.3, -0.25) is 4.79 Å². The van der Waals surface area contributed by atoms with Crippen LogP contribution >= 0.6 is 0 Å². The van der Waals surface area contributed by atoms with Crippen LogP contribution in [-0.2, 0) is 0 Å². The van der Waals surface area contributed by atoms with Crippen LogP contribution in [0.2, 0.25) is 0 Å². The summed E-state index contributed by atoms with van der Waals surface area (Å²) in [5, 5.41) is 12.7. The largest absolute Gasteiger partial charge is 0.395 e. The predicted molar refractivity (Wildman–Crippen MR) is 61.5 cm³/mol. The number of carbonyl (C=O) groups excluding carboxylic acids is 1. The fraction of sp³-hybridized carbons (Fsp3) is 0.667. The van der Waals surface area contributed by atoms with Gasteiger partial charge in [-0.1, -0.05) is 24.4 Å². The number of hydrogen-bond acceptors (Lipinski definition) is 4. The Bertz CT molecular complexity index is 345. The Morgan fingerprint density at radius 3 is 2.82 bits per heavy atom. The summed E-state index contributed by atoms with van der Waals surface area (Å²) < 4.78 is 4.69. The van der Waals surface area contributed by atoms with Gasteiger partial charge < -0.3 is 14.5 Å². The highest BCUT2D eigenvalue weighted by Crippen LogP contribution is 2.23. The van der Waals surface area contributed by atoms with E-state index < -0.39 is 0 Å². The molecule has 1 saturated carbocycles. The highest BCUT2D eigenvalue weighted by atomic mass is 16.5. The minimum atomic E-state index is -0.139. The number of aromatic nitrogens is 1. The highest BCUT2D eigenvalue weighted by molar-refractivity contribution is 5.92. The van der Waals surface area contributed by atoms with E-state index >= 15 is 0 Å². The van der Waals surface area contributed by atoms with Crippen LogP contribution in [0.4, 0.5) is 0 Å². The van der Waals surface area contributed by atoms with Crippen LogP contribution in [0.15, 0.2) is 16.9 Å². The summed E-state index contributed by atoms with van der Waals surface area (Å²) in [4.78, 5) is 13.9. The summed E-state index contributed by atoms with van der Waals surface area (Å²) in [6.07, 6.45) is 6.97. The van der Waals surface area contributed by atoms with E-state index in [2.05, 4.69) is 5.16 Å². The van der Waals surface area contributed by atoms with Crippen molar-refractivity contribution in [3.63, 3.8) is 0 Å². The molecule has 5 heteroatoms. The summed E-state index contributed by atoms with van der Waals surface area (Å²) in [7, 11) is 0. The third-order valence-corrected chi connectivity index (χ3v) is 3.27. The first kappa shape index (κ1) is 12.1. The van der Waals surface area contributed by atoms with Gasteiger partial charge in [-0.25, -0.2) is 0 Å². The Hall–Kier alpha value is -1.36. The van der Waals surface area contributed by atoms with Gasteiger partial charge in [-0.2, -0.15) is 0 Å². The van der Waals surface area contributed by atoms with Crippen molar-refractivity contribution in [1.82, 2.24) is 10.1 Å². The molecular formula is C12H18N2O3. The Morgan fingerprint density at radius 1 is 1.47 bits per heavy atom. The molecule has 1 N–H and O–H groups in total. The van der Waals surface area contributed by atoms with Crippen LogP contribution in [0, 0.1) is 0 Å². The quantitative estimate of drug-likeness (QED) is 0.862. The number of hydrogen-bond donors (Lipinski definition) is 1. The van der Waals surface area contributed by atoms with Crippen LogP contribution in [-0.4, -0.2) is 40.3 Å². The summed E-state index contributed by atoms with van der Waals surface area (Å²) in [6.45, 7) is 0.358. The van der Waals surface area contributed by atoms with E-state index in [0.717, 1.165) is 25.7 Å². The van der Waals surface area contributed by atoms with Gasteiger partial charge in [0.2, 0.25) is 0 Å². The topological polar surface area (TPSA) is 66.6 Å². The van der Waals surface area contributed by atoms with E-state index in [0.29, 0.717) is 12.2 Å². The number of carbonyl (C=O) groups is 1. The molecule has 0 aliphatic heterocycles. The molecule has 94 valence electrons.